The number of rotatable bonds is 11. The lowest BCUT2D eigenvalue weighted by Crippen LogP contribution is -2.56. The van der Waals surface area contributed by atoms with Crippen LogP contribution in [-0.2, 0) is 45.3 Å². The molecule has 0 bridgehead atoms. The van der Waals surface area contributed by atoms with Gasteiger partial charge in [0, 0.05) is 12.1 Å². The molecule has 1 aliphatic rings. The van der Waals surface area contributed by atoms with Crippen molar-refractivity contribution in [1.29, 1.82) is 0 Å². The minimum Gasteiger partial charge on any atom is -0.497 e. The van der Waals surface area contributed by atoms with Crippen LogP contribution in [0.4, 0.5) is 31.1 Å². The topological polar surface area (TPSA) is 77.1 Å². The predicted molar refractivity (Wildman–Crippen MR) is 180 cm³/mol. The fourth-order valence-corrected chi connectivity index (χ4v) is 5.84. The Bertz CT molecular complexity index is 1830. The number of methoxy groups -OCH3 is 1. The van der Waals surface area contributed by atoms with Gasteiger partial charge in [0.1, 0.15) is 12.4 Å². The van der Waals surface area contributed by atoms with Crippen molar-refractivity contribution in [2.45, 2.75) is 50.5 Å². The smallest absolute Gasteiger partial charge is 0.416 e. The minimum atomic E-state index is -5.04. The number of ether oxygens (including phenoxy) is 3. The largest absolute Gasteiger partial charge is 0.497 e. The summed E-state index contributed by atoms with van der Waals surface area (Å²) in [7, 11) is 1.54. The maximum atomic E-state index is 14.0. The number of carbonyl (C=O) groups excluding carboxylic acids is 2. The van der Waals surface area contributed by atoms with Crippen molar-refractivity contribution in [2.75, 3.05) is 20.3 Å². The highest BCUT2D eigenvalue weighted by molar-refractivity contribution is 5.94. The van der Waals surface area contributed by atoms with E-state index in [2.05, 4.69) is 5.32 Å². The van der Waals surface area contributed by atoms with Gasteiger partial charge in [0.2, 0.25) is 5.91 Å². The second-order valence-corrected chi connectivity index (χ2v) is 12.3. The van der Waals surface area contributed by atoms with Gasteiger partial charge in [-0.15, -0.1) is 0 Å². The molecule has 4 aromatic rings. The summed E-state index contributed by atoms with van der Waals surface area (Å²) in [5, 5.41) is 2.86. The first-order valence-electron chi connectivity index (χ1n) is 16.2. The van der Waals surface area contributed by atoms with Crippen molar-refractivity contribution in [2.24, 2.45) is 0 Å². The fraction of sp³-hybridized carbons (Fsp3) is 0.282. The number of alkyl halides is 6. The Hall–Kier alpha value is -5.30. The van der Waals surface area contributed by atoms with E-state index in [1.807, 2.05) is 0 Å². The van der Waals surface area contributed by atoms with Gasteiger partial charge in [0.15, 0.2) is 0 Å². The summed E-state index contributed by atoms with van der Waals surface area (Å²) in [6.45, 7) is 0.804. The Morgan fingerprint density at radius 1 is 0.827 bits per heavy atom. The van der Waals surface area contributed by atoms with Crippen LogP contribution in [0.1, 0.15) is 52.8 Å². The summed E-state index contributed by atoms with van der Waals surface area (Å²) >= 11 is 0. The lowest BCUT2D eigenvalue weighted by Gasteiger charge is -2.46. The molecule has 0 aromatic heterocycles. The summed E-state index contributed by atoms with van der Waals surface area (Å²) in [6, 6.07) is 25.9. The molecule has 7 nitrogen and oxygen atoms in total. The quantitative estimate of drug-likeness (QED) is 0.156. The third kappa shape index (κ3) is 9.13. The molecular formula is C39H36F6N2O5. The van der Waals surface area contributed by atoms with Gasteiger partial charge in [0.05, 0.1) is 43.0 Å². The number of amides is 2. The molecule has 0 saturated heterocycles. The maximum absolute atomic E-state index is 14.0. The van der Waals surface area contributed by atoms with E-state index in [-0.39, 0.29) is 49.9 Å². The van der Waals surface area contributed by atoms with Crippen LogP contribution in [0.15, 0.2) is 115 Å². The molecule has 1 aliphatic heterocycles. The zero-order valence-electron chi connectivity index (χ0n) is 28.3. The number of nitrogens with zero attached hydrogens (tertiary/aromatic N) is 1. The molecule has 0 radical (unpaired) electrons. The molecule has 0 aliphatic carbocycles. The molecular weight excluding hydrogens is 690 g/mol. The van der Waals surface area contributed by atoms with Gasteiger partial charge in [-0.2, -0.15) is 26.3 Å². The van der Waals surface area contributed by atoms with E-state index < -0.39 is 47.1 Å². The highest BCUT2D eigenvalue weighted by atomic mass is 19.4. The number of benzene rings is 4. The second kappa shape index (κ2) is 15.9. The lowest BCUT2D eigenvalue weighted by molar-refractivity contribution is -0.143. The number of hydrogen-bond acceptors (Lipinski definition) is 5. The highest BCUT2D eigenvalue weighted by Crippen LogP contribution is 2.41. The van der Waals surface area contributed by atoms with Crippen LogP contribution < -0.4 is 10.1 Å². The zero-order valence-corrected chi connectivity index (χ0v) is 28.3. The van der Waals surface area contributed by atoms with Gasteiger partial charge < -0.3 is 19.5 Å². The molecule has 0 saturated carbocycles. The molecule has 1 heterocycles. The van der Waals surface area contributed by atoms with Crippen molar-refractivity contribution >= 4 is 12.0 Å². The predicted octanol–water partition coefficient (Wildman–Crippen LogP) is 8.99. The molecule has 4 aromatic carbocycles. The first-order chi connectivity index (χ1) is 24.7. The van der Waals surface area contributed by atoms with Crippen molar-refractivity contribution in [3.05, 3.63) is 148 Å². The average molecular weight is 727 g/mol. The Balaban J connectivity index is 1.47. The summed E-state index contributed by atoms with van der Waals surface area (Å²) in [4.78, 5) is 28.8. The summed E-state index contributed by atoms with van der Waals surface area (Å²) < 4.78 is 99.0. The normalized spacial score (nSPS) is 16.8. The molecule has 52 heavy (non-hydrogen) atoms. The first kappa shape index (κ1) is 37.9. The van der Waals surface area contributed by atoms with Crippen molar-refractivity contribution < 1.29 is 50.1 Å². The van der Waals surface area contributed by atoms with Crippen LogP contribution in [0.2, 0.25) is 0 Å². The Morgan fingerprint density at radius 3 is 2.00 bits per heavy atom. The molecule has 2 amide bonds. The average Bonchev–Trinajstić information content (AvgIpc) is 3.15. The summed E-state index contributed by atoms with van der Waals surface area (Å²) in [5.41, 5.74) is -2.38. The summed E-state index contributed by atoms with van der Waals surface area (Å²) in [6.07, 6.45) is -10.5. The number of hydrogen-bond donors (Lipinski definition) is 1. The van der Waals surface area contributed by atoms with Gasteiger partial charge in [0.25, 0.3) is 0 Å². The number of nitrogens with one attached hydrogen (secondary N) is 1. The highest BCUT2D eigenvalue weighted by Gasteiger charge is 2.46. The molecule has 274 valence electrons. The van der Waals surface area contributed by atoms with Gasteiger partial charge >= 0.3 is 18.4 Å². The summed E-state index contributed by atoms with van der Waals surface area (Å²) in [5.74, 6) is 0.202. The maximum Gasteiger partial charge on any atom is 0.416 e. The standard InChI is InChI=1S/C39H36F6N2O5/c1-26(30-19-32(38(40,41)42)21-33(20-30)39(43,44)45)52-25-37(31-11-7-4-8-12-31)18-17-29(35(48)46-22-27-13-15-34(50-2)16-14-27)23-47(37)36(49)51-24-28-9-5-3-6-10-28/h3-17,19-21,26H,18,22-25H2,1-2H3,(H,46,48)/t26-,37?/m1/s1. The molecule has 0 fully saturated rings. The van der Waals surface area contributed by atoms with Gasteiger partial charge in [-0.05, 0) is 65.9 Å². The Morgan fingerprint density at radius 2 is 1.42 bits per heavy atom. The third-order valence-corrected chi connectivity index (χ3v) is 8.82. The van der Waals surface area contributed by atoms with Crippen LogP contribution in [0.3, 0.4) is 0 Å². The van der Waals surface area contributed by atoms with E-state index in [9.17, 15) is 35.9 Å². The Labute approximate surface area is 296 Å². The van der Waals surface area contributed by atoms with Crippen LogP contribution in [-0.4, -0.2) is 37.2 Å². The molecule has 2 atom stereocenters. The van der Waals surface area contributed by atoms with E-state index in [0.717, 1.165) is 5.56 Å². The van der Waals surface area contributed by atoms with Crippen LogP contribution >= 0.6 is 0 Å². The lowest BCUT2D eigenvalue weighted by atomic mass is 9.81. The van der Waals surface area contributed by atoms with Gasteiger partial charge in [-0.25, -0.2) is 4.79 Å². The molecule has 1 unspecified atom stereocenters. The van der Waals surface area contributed by atoms with Crippen molar-refractivity contribution in [3.63, 3.8) is 0 Å². The fourth-order valence-electron chi connectivity index (χ4n) is 5.84. The first-order valence-corrected chi connectivity index (χ1v) is 16.2. The van der Waals surface area contributed by atoms with Gasteiger partial charge in [-0.1, -0.05) is 78.9 Å². The van der Waals surface area contributed by atoms with Crippen LogP contribution in [0, 0.1) is 0 Å². The van der Waals surface area contributed by atoms with E-state index in [0.29, 0.717) is 29.0 Å². The van der Waals surface area contributed by atoms with Crippen LogP contribution in [0.5, 0.6) is 5.75 Å². The van der Waals surface area contributed by atoms with Crippen LogP contribution in [0.25, 0.3) is 0 Å². The van der Waals surface area contributed by atoms with Gasteiger partial charge in [-0.3, -0.25) is 9.69 Å². The number of carbonyl (C=O) groups is 2. The minimum absolute atomic E-state index is 0.00580. The SMILES string of the molecule is COc1ccc(CNC(=O)C2=CCC(CO[C@H](C)c3cc(C(F)(F)F)cc(C(F)(F)F)c3)(c3ccccc3)N(C(=O)OCc3ccccc3)C2)cc1. The molecule has 1 N–H and O–H groups in total. The zero-order chi connectivity index (χ0) is 37.5. The van der Waals surface area contributed by atoms with E-state index in [1.165, 1.54) is 11.8 Å². The van der Waals surface area contributed by atoms with E-state index in [4.69, 9.17) is 14.2 Å². The molecule has 5 rings (SSSR count). The monoisotopic (exact) mass is 726 g/mol. The van der Waals surface area contributed by atoms with Crippen molar-refractivity contribution in [3.8, 4) is 5.75 Å². The molecule has 13 heteroatoms. The second-order valence-electron chi connectivity index (χ2n) is 12.3. The Kier molecular flexibility index (Phi) is 11.6. The third-order valence-electron chi connectivity index (χ3n) is 8.82. The molecule has 0 spiro atoms. The van der Waals surface area contributed by atoms with Crippen molar-refractivity contribution in [1.82, 2.24) is 10.2 Å². The number of halogens is 6. The van der Waals surface area contributed by atoms with E-state index in [1.54, 1.807) is 98.1 Å². The van der Waals surface area contributed by atoms with E-state index >= 15 is 0 Å².